The number of hydrogen-bond donors (Lipinski definition) is 0. The van der Waals surface area contributed by atoms with Crippen molar-refractivity contribution in [1.29, 1.82) is 0 Å². The van der Waals surface area contributed by atoms with Gasteiger partial charge in [0.25, 0.3) is 0 Å². The van der Waals surface area contributed by atoms with E-state index >= 15 is 0 Å². The summed E-state index contributed by atoms with van der Waals surface area (Å²) in [5, 5.41) is 0. The maximum absolute atomic E-state index is 5.93. The van der Waals surface area contributed by atoms with Crippen LogP contribution in [0.25, 0.3) is 0 Å². The van der Waals surface area contributed by atoms with E-state index in [-0.39, 0.29) is 0 Å². The predicted octanol–water partition coefficient (Wildman–Crippen LogP) is 3.45. The van der Waals surface area contributed by atoms with Gasteiger partial charge in [-0.1, -0.05) is 13.8 Å². The number of likely N-dealkylation sites (tertiary alicyclic amines) is 1. The van der Waals surface area contributed by atoms with Crippen LogP contribution in [0, 0.1) is 5.92 Å². The van der Waals surface area contributed by atoms with Crippen molar-refractivity contribution in [1.82, 2.24) is 4.90 Å². The van der Waals surface area contributed by atoms with Crippen molar-refractivity contribution in [2.45, 2.75) is 77.5 Å². The summed E-state index contributed by atoms with van der Waals surface area (Å²) >= 11 is 0. The van der Waals surface area contributed by atoms with Crippen molar-refractivity contribution in [3.63, 3.8) is 0 Å². The van der Waals surface area contributed by atoms with Gasteiger partial charge >= 0.3 is 0 Å². The van der Waals surface area contributed by atoms with Gasteiger partial charge in [-0.2, -0.15) is 0 Å². The molecule has 17 heavy (non-hydrogen) atoms. The molecule has 2 rings (SSSR count). The fraction of sp³-hybridized carbons (Fsp3) is 1.00. The summed E-state index contributed by atoms with van der Waals surface area (Å²) in [4.78, 5) is 2.76. The molecular weight excluding hydrogens is 210 g/mol. The molecule has 2 nitrogen and oxygen atoms in total. The Kier molecular flexibility index (Phi) is 4.14. The lowest BCUT2D eigenvalue weighted by atomic mass is 9.97. The number of piperidine rings is 1. The molecule has 0 unspecified atom stereocenters. The van der Waals surface area contributed by atoms with Crippen LogP contribution in [-0.4, -0.2) is 35.7 Å². The van der Waals surface area contributed by atoms with Gasteiger partial charge in [0.15, 0.2) is 0 Å². The third-order valence-corrected chi connectivity index (χ3v) is 4.19. The zero-order valence-corrected chi connectivity index (χ0v) is 12.0. The van der Waals surface area contributed by atoms with Crippen molar-refractivity contribution in [2.75, 3.05) is 13.1 Å². The van der Waals surface area contributed by atoms with E-state index in [1.165, 1.54) is 45.2 Å². The Morgan fingerprint density at radius 3 is 2.12 bits per heavy atom. The van der Waals surface area contributed by atoms with Crippen LogP contribution in [0.4, 0.5) is 0 Å². The summed E-state index contributed by atoms with van der Waals surface area (Å²) in [6, 6.07) is 0. The third kappa shape index (κ3) is 3.45. The highest BCUT2D eigenvalue weighted by atomic mass is 16.5. The van der Waals surface area contributed by atoms with E-state index in [0.717, 1.165) is 5.92 Å². The first-order valence-electron chi connectivity index (χ1n) is 7.42. The highest BCUT2D eigenvalue weighted by Gasteiger charge is 2.48. The van der Waals surface area contributed by atoms with E-state index < -0.39 is 0 Å². The summed E-state index contributed by atoms with van der Waals surface area (Å²) < 4.78 is 5.93. The highest BCUT2D eigenvalue weighted by Crippen LogP contribution is 2.47. The Morgan fingerprint density at radius 1 is 1.12 bits per heavy atom. The van der Waals surface area contributed by atoms with Gasteiger partial charge in [0.1, 0.15) is 0 Å². The third-order valence-electron chi connectivity index (χ3n) is 4.19. The van der Waals surface area contributed by atoms with Crippen molar-refractivity contribution >= 4 is 0 Å². The van der Waals surface area contributed by atoms with Gasteiger partial charge in [0, 0.05) is 18.6 Å². The molecule has 0 amide bonds. The van der Waals surface area contributed by atoms with Gasteiger partial charge in [-0.3, -0.25) is 4.90 Å². The van der Waals surface area contributed by atoms with Gasteiger partial charge < -0.3 is 4.74 Å². The standard InChI is InChI=1S/C15H29NO/c1-12(2)11-15(7-8-15)16-9-5-14(6-10-16)17-13(3)4/h12-14H,5-11H2,1-4H3. The van der Waals surface area contributed by atoms with Crippen molar-refractivity contribution in [3.8, 4) is 0 Å². The van der Waals surface area contributed by atoms with Crippen LogP contribution in [0.15, 0.2) is 0 Å². The van der Waals surface area contributed by atoms with Crippen LogP contribution >= 0.6 is 0 Å². The molecule has 0 aromatic carbocycles. The normalized spacial score (nSPS) is 25.8. The van der Waals surface area contributed by atoms with E-state index in [4.69, 9.17) is 4.74 Å². The van der Waals surface area contributed by atoms with Gasteiger partial charge in [0.2, 0.25) is 0 Å². The molecule has 0 N–H and O–H groups in total. The lowest BCUT2D eigenvalue weighted by Crippen LogP contribution is -2.45. The van der Waals surface area contributed by atoms with E-state index in [1.54, 1.807) is 0 Å². The van der Waals surface area contributed by atoms with Crippen LogP contribution in [-0.2, 0) is 4.74 Å². The van der Waals surface area contributed by atoms with Crippen molar-refractivity contribution < 1.29 is 4.74 Å². The molecule has 2 aliphatic rings. The molecule has 0 bridgehead atoms. The number of nitrogens with zero attached hydrogens (tertiary/aromatic N) is 1. The molecule has 0 radical (unpaired) electrons. The average Bonchev–Trinajstić information content (AvgIpc) is 2.98. The second kappa shape index (κ2) is 5.27. The molecule has 0 aromatic rings. The van der Waals surface area contributed by atoms with Gasteiger partial charge in [0.05, 0.1) is 12.2 Å². The molecule has 2 fully saturated rings. The summed E-state index contributed by atoms with van der Waals surface area (Å²) in [5.41, 5.74) is 0.594. The second-order valence-corrected chi connectivity index (χ2v) is 6.69. The molecule has 1 saturated heterocycles. The number of ether oxygens (including phenoxy) is 1. The first-order valence-corrected chi connectivity index (χ1v) is 7.42. The average molecular weight is 239 g/mol. The van der Waals surface area contributed by atoms with E-state index in [1.807, 2.05) is 0 Å². The fourth-order valence-corrected chi connectivity index (χ4v) is 3.40. The lowest BCUT2D eigenvalue weighted by Gasteiger charge is -2.39. The Balaban J connectivity index is 1.79. The molecule has 2 heteroatoms. The monoisotopic (exact) mass is 239 g/mol. The Bertz CT molecular complexity index is 237. The zero-order chi connectivity index (χ0) is 12.5. The first-order chi connectivity index (χ1) is 8.02. The van der Waals surface area contributed by atoms with E-state index in [0.29, 0.717) is 17.7 Å². The summed E-state index contributed by atoms with van der Waals surface area (Å²) in [5.74, 6) is 0.835. The zero-order valence-electron chi connectivity index (χ0n) is 12.0. The Hall–Kier alpha value is -0.0800. The fourth-order valence-electron chi connectivity index (χ4n) is 3.40. The Labute approximate surface area is 107 Å². The highest BCUT2D eigenvalue weighted by molar-refractivity contribution is 5.05. The second-order valence-electron chi connectivity index (χ2n) is 6.69. The topological polar surface area (TPSA) is 12.5 Å². The molecule has 1 aliphatic carbocycles. The minimum Gasteiger partial charge on any atom is -0.375 e. The molecule has 100 valence electrons. The molecule has 1 heterocycles. The van der Waals surface area contributed by atoms with Crippen molar-refractivity contribution in [3.05, 3.63) is 0 Å². The van der Waals surface area contributed by atoms with Crippen LogP contribution < -0.4 is 0 Å². The van der Waals surface area contributed by atoms with Crippen molar-refractivity contribution in [2.24, 2.45) is 5.92 Å². The van der Waals surface area contributed by atoms with Crippen LogP contribution in [0.1, 0.15) is 59.8 Å². The minimum absolute atomic E-state index is 0.386. The maximum atomic E-state index is 5.93. The van der Waals surface area contributed by atoms with Crippen LogP contribution in [0.2, 0.25) is 0 Å². The largest absolute Gasteiger partial charge is 0.375 e. The molecule has 0 spiro atoms. The number of hydrogen-bond acceptors (Lipinski definition) is 2. The quantitative estimate of drug-likeness (QED) is 0.728. The van der Waals surface area contributed by atoms with Crippen LogP contribution in [0.5, 0.6) is 0 Å². The van der Waals surface area contributed by atoms with Crippen LogP contribution in [0.3, 0.4) is 0 Å². The molecule has 1 saturated carbocycles. The van der Waals surface area contributed by atoms with Gasteiger partial charge in [-0.05, 0) is 51.9 Å². The van der Waals surface area contributed by atoms with Gasteiger partial charge in [-0.25, -0.2) is 0 Å². The molecule has 1 aliphatic heterocycles. The lowest BCUT2D eigenvalue weighted by molar-refractivity contribution is -0.0372. The molecular formula is C15H29NO. The first kappa shape index (κ1) is 13.4. The smallest absolute Gasteiger partial charge is 0.0603 e. The van der Waals surface area contributed by atoms with E-state index in [9.17, 15) is 0 Å². The van der Waals surface area contributed by atoms with E-state index in [2.05, 4.69) is 32.6 Å². The maximum Gasteiger partial charge on any atom is 0.0603 e. The number of rotatable bonds is 5. The summed E-state index contributed by atoms with van der Waals surface area (Å²) in [6.07, 6.45) is 7.62. The van der Waals surface area contributed by atoms with Gasteiger partial charge in [-0.15, -0.1) is 0 Å². The Morgan fingerprint density at radius 2 is 1.71 bits per heavy atom. The minimum atomic E-state index is 0.386. The molecule has 0 atom stereocenters. The molecule has 0 aromatic heterocycles. The summed E-state index contributed by atoms with van der Waals surface area (Å²) in [7, 11) is 0. The SMILES string of the molecule is CC(C)CC1(N2CCC(OC(C)C)CC2)CC1. The predicted molar refractivity (Wildman–Crippen MR) is 72.2 cm³/mol. The summed E-state index contributed by atoms with van der Waals surface area (Å²) in [6.45, 7) is 11.5.